The molecule has 0 aromatic heterocycles. The monoisotopic (exact) mass is 336 g/mol. The molecule has 0 amide bonds. The fraction of sp³-hybridized carbons (Fsp3) is 0.500. The number of rotatable bonds is 8. The van der Waals surface area contributed by atoms with E-state index in [9.17, 15) is 21.9 Å². The molecule has 0 heterocycles. The zero-order valence-corrected chi connectivity index (χ0v) is 13.5. The van der Waals surface area contributed by atoms with Crippen LogP contribution in [0.3, 0.4) is 0 Å². The van der Waals surface area contributed by atoms with Gasteiger partial charge in [-0.3, -0.25) is 0 Å². The summed E-state index contributed by atoms with van der Waals surface area (Å²) in [5, 5.41) is 9.36. The number of aliphatic hydroxyl groups is 1. The molecule has 1 aromatic rings. The molecule has 0 aliphatic rings. The lowest BCUT2D eigenvalue weighted by molar-refractivity contribution is 0.199. The van der Waals surface area contributed by atoms with Crippen molar-refractivity contribution in [1.29, 1.82) is 0 Å². The van der Waals surface area contributed by atoms with E-state index < -0.39 is 26.2 Å². The van der Waals surface area contributed by atoms with Crippen molar-refractivity contribution in [3.8, 4) is 0 Å². The molecular formula is C12H20N2O5S2. The zero-order valence-electron chi connectivity index (χ0n) is 11.9. The first kappa shape index (κ1) is 18.1. The zero-order chi connectivity index (χ0) is 16.1. The molecule has 0 radical (unpaired) electrons. The molecule has 1 rings (SSSR count). The van der Waals surface area contributed by atoms with E-state index in [0.717, 1.165) is 0 Å². The third-order valence-electron chi connectivity index (χ3n) is 2.70. The van der Waals surface area contributed by atoms with Gasteiger partial charge in [-0.05, 0) is 24.6 Å². The van der Waals surface area contributed by atoms with Crippen molar-refractivity contribution in [2.45, 2.75) is 24.8 Å². The molecule has 1 atom stereocenters. The van der Waals surface area contributed by atoms with Crippen LogP contribution in [0.5, 0.6) is 0 Å². The van der Waals surface area contributed by atoms with Crippen molar-refractivity contribution in [2.75, 3.05) is 18.8 Å². The number of aliphatic hydroxyl groups excluding tert-OH is 1. The minimum atomic E-state index is -3.76. The van der Waals surface area contributed by atoms with Gasteiger partial charge in [0, 0.05) is 13.1 Å². The van der Waals surface area contributed by atoms with E-state index in [0.29, 0.717) is 5.56 Å². The lowest BCUT2D eigenvalue weighted by Gasteiger charge is -2.09. The molecule has 0 saturated carbocycles. The van der Waals surface area contributed by atoms with Gasteiger partial charge in [-0.2, -0.15) is 0 Å². The van der Waals surface area contributed by atoms with Crippen LogP contribution < -0.4 is 9.44 Å². The lowest BCUT2D eigenvalue weighted by Crippen LogP contribution is -2.34. The van der Waals surface area contributed by atoms with E-state index in [1.165, 1.54) is 24.3 Å². The van der Waals surface area contributed by atoms with Crippen molar-refractivity contribution in [2.24, 2.45) is 0 Å². The minimum Gasteiger partial charge on any atom is -0.389 e. The summed E-state index contributed by atoms with van der Waals surface area (Å²) < 4.78 is 51.2. The SMILES string of the molecule is CCNS(=O)(=O)CCNS(=O)(=O)c1ccc(C(C)O)cc1. The second-order valence-electron chi connectivity index (χ2n) is 4.46. The van der Waals surface area contributed by atoms with Crippen LogP contribution in [0.1, 0.15) is 25.5 Å². The molecule has 3 N–H and O–H groups in total. The van der Waals surface area contributed by atoms with Gasteiger partial charge in [0.15, 0.2) is 0 Å². The van der Waals surface area contributed by atoms with Crippen LogP contribution in [-0.2, 0) is 20.0 Å². The second kappa shape index (κ2) is 7.32. The Morgan fingerprint density at radius 1 is 1.10 bits per heavy atom. The molecule has 0 aliphatic heterocycles. The van der Waals surface area contributed by atoms with Crippen molar-refractivity contribution in [3.05, 3.63) is 29.8 Å². The molecule has 0 fully saturated rings. The molecular weight excluding hydrogens is 316 g/mol. The smallest absolute Gasteiger partial charge is 0.240 e. The molecule has 0 saturated heterocycles. The van der Waals surface area contributed by atoms with Gasteiger partial charge in [-0.15, -0.1) is 0 Å². The molecule has 21 heavy (non-hydrogen) atoms. The molecule has 1 unspecified atom stereocenters. The Kier molecular flexibility index (Phi) is 6.29. The number of hydrogen-bond donors (Lipinski definition) is 3. The highest BCUT2D eigenvalue weighted by Crippen LogP contribution is 2.15. The highest BCUT2D eigenvalue weighted by molar-refractivity contribution is 7.90. The van der Waals surface area contributed by atoms with Crippen molar-refractivity contribution >= 4 is 20.0 Å². The van der Waals surface area contributed by atoms with Crippen LogP contribution in [0.15, 0.2) is 29.2 Å². The first-order valence-electron chi connectivity index (χ1n) is 6.43. The Hall–Kier alpha value is -1.00. The van der Waals surface area contributed by atoms with Crippen LogP contribution in [0.25, 0.3) is 0 Å². The highest BCUT2D eigenvalue weighted by Gasteiger charge is 2.16. The first-order chi connectivity index (χ1) is 9.68. The normalized spacial score (nSPS) is 14.0. The third-order valence-corrected chi connectivity index (χ3v) is 5.65. The van der Waals surface area contributed by atoms with Gasteiger partial charge in [0.2, 0.25) is 20.0 Å². The van der Waals surface area contributed by atoms with E-state index >= 15 is 0 Å². The van der Waals surface area contributed by atoms with Gasteiger partial charge < -0.3 is 5.11 Å². The van der Waals surface area contributed by atoms with Gasteiger partial charge in [-0.1, -0.05) is 19.1 Å². The average molecular weight is 336 g/mol. The largest absolute Gasteiger partial charge is 0.389 e. The Bertz CT molecular complexity index is 651. The summed E-state index contributed by atoms with van der Waals surface area (Å²) in [6.45, 7) is 3.27. The summed E-state index contributed by atoms with van der Waals surface area (Å²) in [6, 6.07) is 5.75. The molecule has 9 heteroatoms. The van der Waals surface area contributed by atoms with E-state index in [-0.39, 0.29) is 23.7 Å². The number of sulfonamides is 2. The summed E-state index contributed by atoms with van der Waals surface area (Å²) in [7, 11) is -7.23. The van der Waals surface area contributed by atoms with Gasteiger partial charge in [0.1, 0.15) is 0 Å². The quantitative estimate of drug-likeness (QED) is 0.616. The maximum atomic E-state index is 12.0. The summed E-state index contributed by atoms with van der Waals surface area (Å²) in [5.74, 6) is -0.328. The molecule has 0 aliphatic carbocycles. The summed E-state index contributed by atoms with van der Waals surface area (Å²) in [4.78, 5) is 0.0211. The highest BCUT2D eigenvalue weighted by atomic mass is 32.2. The first-order valence-corrected chi connectivity index (χ1v) is 9.56. The predicted octanol–water partition coefficient (Wildman–Crippen LogP) is -0.0425. The topological polar surface area (TPSA) is 113 Å². The molecule has 0 bridgehead atoms. The van der Waals surface area contributed by atoms with Gasteiger partial charge in [-0.25, -0.2) is 26.3 Å². The fourth-order valence-electron chi connectivity index (χ4n) is 1.61. The third kappa shape index (κ3) is 5.71. The van der Waals surface area contributed by atoms with Gasteiger partial charge >= 0.3 is 0 Å². The lowest BCUT2D eigenvalue weighted by atomic mass is 10.1. The van der Waals surface area contributed by atoms with E-state index in [1.807, 2.05) is 0 Å². The molecule has 1 aromatic carbocycles. The summed E-state index contributed by atoms with van der Waals surface area (Å²) in [6.07, 6.45) is -0.681. The summed E-state index contributed by atoms with van der Waals surface area (Å²) >= 11 is 0. The maximum absolute atomic E-state index is 12.0. The van der Waals surface area contributed by atoms with Gasteiger partial charge in [0.25, 0.3) is 0 Å². The predicted molar refractivity (Wildman–Crippen MR) is 79.7 cm³/mol. The van der Waals surface area contributed by atoms with E-state index in [4.69, 9.17) is 0 Å². The Balaban J connectivity index is 2.70. The maximum Gasteiger partial charge on any atom is 0.240 e. The van der Waals surface area contributed by atoms with E-state index in [2.05, 4.69) is 9.44 Å². The summed E-state index contributed by atoms with van der Waals surface area (Å²) in [5.41, 5.74) is 0.601. The Morgan fingerprint density at radius 2 is 1.67 bits per heavy atom. The Morgan fingerprint density at radius 3 is 2.14 bits per heavy atom. The van der Waals surface area contributed by atoms with Crippen molar-refractivity contribution < 1.29 is 21.9 Å². The van der Waals surface area contributed by atoms with E-state index in [1.54, 1.807) is 13.8 Å². The van der Waals surface area contributed by atoms with Crippen LogP contribution in [0.2, 0.25) is 0 Å². The standard InChI is InChI=1S/C12H20N2O5S2/c1-3-13-20(16,17)9-8-14-21(18,19)12-6-4-11(5-7-12)10(2)15/h4-7,10,13-15H,3,8-9H2,1-2H3. The number of nitrogens with one attached hydrogen (secondary N) is 2. The molecule has 0 spiro atoms. The second-order valence-corrected chi connectivity index (χ2v) is 8.15. The average Bonchev–Trinajstić information content (AvgIpc) is 2.38. The van der Waals surface area contributed by atoms with Crippen LogP contribution >= 0.6 is 0 Å². The fourth-order valence-corrected chi connectivity index (χ4v) is 3.73. The van der Waals surface area contributed by atoms with Crippen LogP contribution in [-0.4, -0.2) is 40.8 Å². The van der Waals surface area contributed by atoms with Crippen molar-refractivity contribution in [1.82, 2.24) is 9.44 Å². The Labute approximate surface area is 125 Å². The van der Waals surface area contributed by atoms with Gasteiger partial charge in [0.05, 0.1) is 16.8 Å². The van der Waals surface area contributed by atoms with Crippen LogP contribution in [0, 0.1) is 0 Å². The molecule has 120 valence electrons. The number of hydrogen-bond acceptors (Lipinski definition) is 5. The van der Waals surface area contributed by atoms with Crippen LogP contribution in [0.4, 0.5) is 0 Å². The van der Waals surface area contributed by atoms with Crippen molar-refractivity contribution in [3.63, 3.8) is 0 Å². The number of benzene rings is 1. The minimum absolute atomic E-state index is 0.0211. The molecule has 7 nitrogen and oxygen atoms in total.